The number of esters is 1. The van der Waals surface area contributed by atoms with Crippen LogP contribution in [-0.2, 0) is 9.53 Å². The summed E-state index contributed by atoms with van der Waals surface area (Å²) in [5.41, 5.74) is 0.709. The van der Waals surface area contributed by atoms with Gasteiger partial charge in [0.05, 0.1) is 7.11 Å². The lowest BCUT2D eigenvalue weighted by Gasteiger charge is -1.95. The van der Waals surface area contributed by atoms with Gasteiger partial charge in [-0.2, -0.15) is 5.26 Å². The molecule has 0 amide bonds. The van der Waals surface area contributed by atoms with Crippen LogP contribution in [0.15, 0.2) is 30.1 Å². The Balaban J connectivity index is 2.97. The highest BCUT2D eigenvalue weighted by molar-refractivity contribution is 5.97. The van der Waals surface area contributed by atoms with E-state index < -0.39 is 5.97 Å². The van der Waals surface area contributed by atoms with Gasteiger partial charge in [-0.05, 0) is 23.8 Å². The second-order valence-electron chi connectivity index (χ2n) is 2.44. The molecule has 0 aliphatic rings. The molecule has 0 N–H and O–H groups in total. The predicted octanol–water partition coefficient (Wildman–Crippen LogP) is 1.16. The van der Waals surface area contributed by atoms with Gasteiger partial charge in [-0.15, -0.1) is 0 Å². The highest BCUT2D eigenvalue weighted by atomic mass is 16.5. The summed E-state index contributed by atoms with van der Waals surface area (Å²) in [6.45, 7) is 0. The van der Waals surface area contributed by atoms with E-state index in [1.54, 1.807) is 30.6 Å². The molecule has 1 aromatic rings. The van der Waals surface area contributed by atoms with Crippen molar-refractivity contribution in [3.8, 4) is 6.07 Å². The fourth-order valence-corrected chi connectivity index (χ4v) is 0.873. The second-order valence-corrected chi connectivity index (χ2v) is 2.44. The summed E-state index contributed by atoms with van der Waals surface area (Å²) >= 11 is 0. The van der Waals surface area contributed by atoms with E-state index in [1.807, 2.05) is 0 Å². The van der Waals surface area contributed by atoms with Gasteiger partial charge in [0.15, 0.2) is 0 Å². The Bertz CT molecular complexity index is 390. The van der Waals surface area contributed by atoms with Crippen LogP contribution < -0.4 is 0 Å². The number of methoxy groups -OCH3 is 1. The first-order chi connectivity index (χ1) is 6.77. The molecule has 0 aliphatic carbocycles. The molecular weight excluding hydrogens is 180 g/mol. The van der Waals surface area contributed by atoms with E-state index in [0.717, 1.165) is 5.56 Å². The maximum absolute atomic E-state index is 11.0. The van der Waals surface area contributed by atoms with Gasteiger partial charge in [0, 0.05) is 12.4 Å². The zero-order valence-electron chi connectivity index (χ0n) is 7.60. The number of nitrogens with zero attached hydrogens (tertiary/aromatic N) is 2. The molecule has 0 unspecified atom stereocenters. The Labute approximate surface area is 81.5 Å². The van der Waals surface area contributed by atoms with E-state index >= 15 is 0 Å². The minimum absolute atomic E-state index is 0.0290. The molecule has 0 bridgehead atoms. The molecule has 4 heteroatoms. The van der Waals surface area contributed by atoms with Crippen molar-refractivity contribution in [1.29, 1.82) is 5.26 Å². The molecule has 0 radical (unpaired) electrons. The van der Waals surface area contributed by atoms with Gasteiger partial charge in [0.25, 0.3) is 0 Å². The molecule has 4 nitrogen and oxygen atoms in total. The number of carbonyl (C=O) groups is 1. The number of carbonyl (C=O) groups excluding carboxylic acids is 1. The first-order valence-electron chi connectivity index (χ1n) is 3.88. The summed E-state index contributed by atoms with van der Waals surface area (Å²) < 4.78 is 4.43. The van der Waals surface area contributed by atoms with E-state index in [4.69, 9.17) is 5.26 Å². The molecule has 0 saturated heterocycles. The molecule has 70 valence electrons. The lowest BCUT2D eigenvalue weighted by atomic mass is 10.2. The molecule has 0 spiro atoms. The van der Waals surface area contributed by atoms with Crippen LogP contribution in [0.4, 0.5) is 0 Å². The Morgan fingerprint density at radius 1 is 1.57 bits per heavy atom. The Kier molecular flexibility index (Phi) is 3.39. The molecule has 1 aromatic heterocycles. The topological polar surface area (TPSA) is 63.0 Å². The third kappa shape index (κ3) is 2.42. The summed E-state index contributed by atoms with van der Waals surface area (Å²) in [4.78, 5) is 14.8. The number of nitriles is 1. The van der Waals surface area contributed by atoms with Crippen LogP contribution in [0.1, 0.15) is 5.56 Å². The van der Waals surface area contributed by atoms with Crippen molar-refractivity contribution in [1.82, 2.24) is 4.98 Å². The Morgan fingerprint density at radius 2 is 2.21 bits per heavy atom. The van der Waals surface area contributed by atoms with Crippen molar-refractivity contribution in [2.24, 2.45) is 0 Å². The molecule has 1 rings (SSSR count). The molecule has 0 atom stereocenters. The third-order valence-corrected chi connectivity index (χ3v) is 1.54. The van der Waals surface area contributed by atoms with Crippen molar-refractivity contribution >= 4 is 12.0 Å². The fraction of sp³-hybridized carbons (Fsp3) is 0.100. The molecule has 1 heterocycles. The minimum atomic E-state index is -0.635. The second kappa shape index (κ2) is 4.77. The largest absolute Gasteiger partial charge is 0.465 e. The van der Waals surface area contributed by atoms with Crippen molar-refractivity contribution in [3.63, 3.8) is 0 Å². The van der Waals surface area contributed by atoms with Gasteiger partial charge in [-0.25, -0.2) is 4.79 Å². The van der Waals surface area contributed by atoms with E-state index in [1.165, 1.54) is 13.2 Å². The highest BCUT2D eigenvalue weighted by Gasteiger charge is 2.07. The van der Waals surface area contributed by atoms with Crippen molar-refractivity contribution < 1.29 is 9.53 Å². The highest BCUT2D eigenvalue weighted by Crippen LogP contribution is 2.05. The maximum atomic E-state index is 11.0. The van der Waals surface area contributed by atoms with Crippen LogP contribution in [-0.4, -0.2) is 18.1 Å². The zero-order valence-corrected chi connectivity index (χ0v) is 7.60. The average Bonchev–Trinajstić information content (AvgIpc) is 2.26. The lowest BCUT2D eigenvalue weighted by Crippen LogP contribution is -2.02. The fourth-order valence-electron chi connectivity index (χ4n) is 0.873. The van der Waals surface area contributed by atoms with E-state index in [2.05, 4.69) is 9.72 Å². The molecule has 0 saturated carbocycles. The van der Waals surface area contributed by atoms with Gasteiger partial charge in [0.2, 0.25) is 0 Å². The molecular formula is C10H8N2O2. The molecule has 0 aromatic carbocycles. The number of ether oxygens (including phenoxy) is 1. The quantitative estimate of drug-likeness (QED) is 0.397. The summed E-state index contributed by atoms with van der Waals surface area (Å²) in [5.74, 6) is -0.635. The van der Waals surface area contributed by atoms with E-state index in [9.17, 15) is 4.79 Å². The smallest absolute Gasteiger partial charge is 0.348 e. The van der Waals surface area contributed by atoms with Crippen LogP contribution in [0, 0.1) is 11.3 Å². The van der Waals surface area contributed by atoms with Crippen LogP contribution >= 0.6 is 0 Å². The summed E-state index contributed by atoms with van der Waals surface area (Å²) in [6.07, 6.45) is 4.61. The molecule has 0 aliphatic heterocycles. The van der Waals surface area contributed by atoms with Crippen LogP contribution in [0.2, 0.25) is 0 Å². The van der Waals surface area contributed by atoms with Crippen LogP contribution in [0.3, 0.4) is 0 Å². The average molecular weight is 188 g/mol. The summed E-state index contributed by atoms with van der Waals surface area (Å²) in [6, 6.07) is 5.16. The first-order valence-corrected chi connectivity index (χ1v) is 3.88. The third-order valence-electron chi connectivity index (χ3n) is 1.54. The predicted molar refractivity (Wildman–Crippen MR) is 49.8 cm³/mol. The summed E-state index contributed by atoms with van der Waals surface area (Å²) in [7, 11) is 1.24. The van der Waals surface area contributed by atoms with E-state index in [-0.39, 0.29) is 5.57 Å². The van der Waals surface area contributed by atoms with Crippen molar-refractivity contribution in [3.05, 3.63) is 35.7 Å². The lowest BCUT2D eigenvalue weighted by molar-refractivity contribution is -0.135. The van der Waals surface area contributed by atoms with Crippen LogP contribution in [0.5, 0.6) is 0 Å². The zero-order chi connectivity index (χ0) is 10.4. The van der Waals surface area contributed by atoms with Gasteiger partial charge in [-0.1, -0.05) is 0 Å². The van der Waals surface area contributed by atoms with Crippen molar-refractivity contribution in [2.75, 3.05) is 7.11 Å². The van der Waals surface area contributed by atoms with Gasteiger partial charge < -0.3 is 4.74 Å². The van der Waals surface area contributed by atoms with Gasteiger partial charge in [-0.3, -0.25) is 4.98 Å². The minimum Gasteiger partial charge on any atom is -0.465 e. The van der Waals surface area contributed by atoms with Crippen molar-refractivity contribution in [2.45, 2.75) is 0 Å². The monoisotopic (exact) mass is 188 g/mol. The number of rotatable bonds is 2. The van der Waals surface area contributed by atoms with Crippen LogP contribution in [0.25, 0.3) is 6.08 Å². The SMILES string of the molecule is COC(=O)C(C#N)=Cc1ccncc1. The molecule has 0 fully saturated rings. The van der Waals surface area contributed by atoms with E-state index in [0.29, 0.717) is 0 Å². The Morgan fingerprint density at radius 3 is 2.71 bits per heavy atom. The normalized spacial score (nSPS) is 10.4. The number of aromatic nitrogens is 1. The number of hydrogen-bond acceptors (Lipinski definition) is 4. The van der Waals surface area contributed by atoms with Gasteiger partial charge >= 0.3 is 5.97 Å². The maximum Gasteiger partial charge on any atom is 0.348 e. The summed E-state index contributed by atoms with van der Waals surface area (Å²) in [5, 5.41) is 8.65. The number of pyridine rings is 1. The Hall–Kier alpha value is -2.15. The first kappa shape index (κ1) is 9.93. The number of hydrogen-bond donors (Lipinski definition) is 0. The molecule has 14 heavy (non-hydrogen) atoms. The van der Waals surface area contributed by atoms with Gasteiger partial charge in [0.1, 0.15) is 11.6 Å². The standard InChI is InChI=1S/C10H8N2O2/c1-14-10(13)9(7-11)6-8-2-4-12-5-3-8/h2-6H,1H3.